The van der Waals surface area contributed by atoms with E-state index in [1.54, 1.807) is 6.07 Å². The van der Waals surface area contributed by atoms with Crippen molar-refractivity contribution < 1.29 is 19.0 Å². The van der Waals surface area contributed by atoms with Gasteiger partial charge in [0.15, 0.2) is 11.6 Å². The van der Waals surface area contributed by atoms with E-state index in [1.807, 2.05) is 0 Å². The molecule has 5 heteroatoms. The van der Waals surface area contributed by atoms with E-state index in [4.69, 9.17) is 10.4 Å². The van der Waals surface area contributed by atoms with Crippen molar-refractivity contribution in [3.63, 3.8) is 0 Å². The highest BCUT2D eigenvalue weighted by Gasteiger charge is 2.14. The first-order chi connectivity index (χ1) is 6.60. The minimum Gasteiger partial charge on any atom is -0.504 e. The Bertz CT molecular complexity index is 423. The van der Waals surface area contributed by atoms with Crippen LogP contribution in [0.4, 0.5) is 4.39 Å². The van der Waals surface area contributed by atoms with Gasteiger partial charge in [0.2, 0.25) is 0 Å². The highest BCUT2D eigenvalue weighted by molar-refractivity contribution is 5.90. The molecule has 0 aromatic heterocycles. The lowest BCUT2D eigenvalue weighted by atomic mass is 10.1. The van der Waals surface area contributed by atoms with Gasteiger partial charge in [0.25, 0.3) is 0 Å². The minimum absolute atomic E-state index is 0.112. The van der Waals surface area contributed by atoms with Gasteiger partial charge in [-0.3, -0.25) is 0 Å². The summed E-state index contributed by atoms with van der Waals surface area (Å²) in [6.07, 6.45) is 0. The number of nitriles is 1. The van der Waals surface area contributed by atoms with Gasteiger partial charge in [-0.15, -0.1) is 0 Å². The van der Waals surface area contributed by atoms with Crippen molar-refractivity contribution in [3.8, 4) is 11.8 Å². The third-order valence-corrected chi connectivity index (χ3v) is 1.60. The number of halogens is 1. The maximum absolute atomic E-state index is 12.9. The zero-order valence-corrected chi connectivity index (χ0v) is 7.24. The first-order valence-corrected chi connectivity index (χ1v) is 3.61. The fraction of sp³-hybridized carbons (Fsp3) is 0.111. The van der Waals surface area contributed by atoms with E-state index in [1.165, 1.54) is 0 Å². The zero-order chi connectivity index (χ0) is 10.7. The molecule has 0 spiro atoms. The number of ether oxygens (including phenoxy) is 1. The molecule has 0 unspecified atom stereocenters. The number of phenolic OH excluding ortho intramolecular Hbond substituents is 1. The van der Waals surface area contributed by atoms with E-state index in [2.05, 4.69) is 4.74 Å². The number of benzene rings is 1. The Kier molecular flexibility index (Phi) is 2.67. The Morgan fingerprint density at radius 1 is 1.64 bits per heavy atom. The second kappa shape index (κ2) is 3.75. The molecule has 0 saturated carbocycles. The van der Waals surface area contributed by atoms with E-state index in [0.29, 0.717) is 0 Å². The maximum atomic E-state index is 12.9. The van der Waals surface area contributed by atoms with Crippen molar-refractivity contribution in [1.82, 2.24) is 0 Å². The summed E-state index contributed by atoms with van der Waals surface area (Å²) < 4.78 is 17.2. The van der Waals surface area contributed by atoms with Gasteiger partial charge in [-0.1, -0.05) is 0 Å². The first-order valence-electron chi connectivity index (χ1n) is 3.61. The molecule has 14 heavy (non-hydrogen) atoms. The molecule has 1 aromatic rings. The van der Waals surface area contributed by atoms with Crippen LogP contribution in [0.15, 0.2) is 12.1 Å². The first kappa shape index (κ1) is 9.99. The van der Waals surface area contributed by atoms with Crippen molar-refractivity contribution in [1.29, 1.82) is 5.26 Å². The molecule has 72 valence electrons. The Hall–Kier alpha value is -2.09. The van der Waals surface area contributed by atoms with Crippen LogP contribution in [0, 0.1) is 17.1 Å². The van der Waals surface area contributed by atoms with Gasteiger partial charge in [0, 0.05) is 0 Å². The molecule has 0 atom stereocenters. The lowest BCUT2D eigenvalue weighted by molar-refractivity contribution is 0.0600. The number of phenols is 1. The predicted molar refractivity (Wildman–Crippen MR) is 44.1 cm³/mol. The van der Waals surface area contributed by atoms with Crippen LogP contribution in [-0.4, -0.2) is 18.2 Å². The summed E-state index contributed by atoms with van der Waals surface area (Å²) in [6.45, 7) is 0. The molecular weight excluding hydrogens is 189 g/mol. The van der Waals surface area contributed by atoms with E-state index in [0.717, 1.165) is 19.2 Å². The quantitative estimate of drug-likeness (QED) is 0.683. The van der Waals surface area contributed by atoms with Crippen LogP contribution in [0.25, 0.3) is 0 Å². The molecule has 0 radical (unpaired) electrons. The fourth-order valence-corrected chi connectivity index (χ4v) is 0.920. The molecular formula is C9H6FNO3. The van der Waals surface area contributed by atoms with Crippen molar-refractivity contribution in [3.05, 3.63) is 29.1 Å². The molecule has 1 N–H and O–H groups in total. The van der Waals surface area contributed by atoms with E-state index in [-0.39, 0.29) is 11.1 Å². The van der Waals surface area contributed by atoms with Gasteiger partial charge in [0.1, 0.15) is 6.07 Å². The van der Waals surface area contributed by atoms with Gasteiger partial charge in [-0.05, 0) is 12.1 Å². The van der Waals surface area contributed by atoms with Gasteiger partial charge in [0.05, 0.1) is 18.2 Å². The van der Waals surface area contributed by atoms with Crippen LogP contribution in [-0.2, 0) is 4.74 Å². The average Bonchev–Trinajstić information content (AvgIpc) is 2.20. The van der Waals surface area contributed by atoms with E-state index < -0.39 is 17.5 Å². The molecule has 0 saturated heterocycles. The topological polar surface area (TPSA) is 70.3 Å². The second-order valence-corrected chi connectivity index (χ2v) is 2.46. The van der Waals surface area contributed by atoms with Gasteiger partial charge in [-0.2, -0.15) is 5.26 Å². The number of methoxy groups -OCH3 is 1. The Morgan fingerprint density at radius 3 is 2.79 bits per heavy atom. The molecule has 0 fully saturated rings. The SMILES string of the molecule is COC(=O)c1cc(F)c(O)c(C#N)c1. The number of esters is 1. The number of rotatable bonds is 1. The largest absolute Gasteiger partial charge is 0.504 e. The number of aromatic hydroxyl groups is 1. The van der Waals surface area contributed by atoms with Crippen molar-refractivity contribution in [2.45, 2.75) is 0 Å². The Balaban J connectivity index is 3.32. The van der Waals surface area contributed by atoms with Gasteiger partial charge in [-0.25, -0.2) is 9.18 Å². The lowest BCUT2D eigenvalue weighted by Gasteiger charge is -2.02. The predicted octanol–water partition coefficient (Wildman–Crippen LogP) is 1.19. The summed E-state index contributed by atoms with van der Waals surface area (Å²) in [7, 11) is 1.14. The minimum atomic E-state index is -1.02. The summed E-state index contributed by atoms with van der Waals surface area (Å²) in [5.41, 5.74) is -0.412. The fourth-order valence-electron chi connectivity index (χ4n) is 0.920. The average molecular weight is 195 g/mol. The van der Waals surface area contributed by atoms with Crippen LogP contribution in [0.3, 0.4) is 0 Å². The Morgan fingerprint density at radius 2 is 2.29 bits per heavy atom. The number of carbonyl (C=O) groups is 1. The third-order valence-electron chi connectivity index (χ3n) is 1.60. The molecule has 0 aliphatic heterocycles. The van der Waals surface area contributed by atoms with E-state index >= 15 is 0 Å². The summed E-state index contributed by atoms with van der Waals surface area (Å²) in [6, 6.07) is 3.42. The number of carbonyl (C=O) groups excluding carboxylic acids is 1. The normalized spacial score (nSPS) is 9.21. The maximum Gasteiger partial charge on any atom is 0.337 e. The second-order valence-electron chi connectivity index (χ2n) is 2.46. The van der Waals surface area contributed by atoms with Gasteiger partial charge < -0.3 is 9.84 Å². The molecule has 4 nitrogen and oxygen atoms in total. The van der Waals surface area contributed by atoms with Gasteiger partial charge >= 0.3 is 5.97 Å². The summed E-state index contributed by atoms with van der Waals surface area (Å²) in [4.78, 5) is 11.0. The smallest absolute Gasteiger partial charge is 0.337 e. The van der Waals surface area contributed by atoms with Crippen LogP contribution >= 0.6 is 0 Å². The zero-order valence-electron chi connectivity index (χ0n) is 7.24. The standard InChI is InChI=1S/C9H6FNO3/c1-14-9(13)5-2-6(4-11)8(12)7(10)3-5/h2-3,12H,1H3. The summed E-state index contributed by atoms with van der Waals surface area (Å²) in [5.74, 6) is -2.55. The molecule has 0 aliphatic carbocycles. The highest BCUT2D eigenvalue weighted by atomic mass is 19.1. The molecule has 1 rings (SSSR count). The number of hydrogen-bond acceptors (Lipinski definition) is 4. The van der Waals surface area contributed by atoms with Crippen LogP contribution < -0.4 is 0 Å². The monoisotopic (exact) mass is 195 g/mol. The summed E-state index contributed by atoms with van der Waals surface area (Å²) in [5, 5.41) is 17.5. The van der Waals surface area contributed by atoms with Crippen LogP contribution in [0.5, 0.6) is 5.75 Å². The highest BCUT2D eigenvalue weighted by Crippen LogP contribution is 2.22. The lowest BCUT2D eigenvalue weighted by Crippen LogP contribution is -2.02. The van der Waals surface area contributed by atoms with Crippen LogP contribution in [0.2, 0.25) is 0 Å². The molecule has 0 bridgehead atoms. The summed E-state index contributed by atoms with van der Waals surface area (Å²) >= 11 is 0. The molecule has 0 aliphatic rings. The van der Waals surface area contributed by atoms with Crippen molar-refractivity contribution >= 4 is 5.97 Å². The van der Waals surface area contributed by atoms with Crippen molar-refractivity contribution in [2.75, 3.05) is 7.11 Å². The molecule has 1 aromatic carbocycles. The van der Waals surface area contributed by atoms with E-state index in [9.17, 15) is 9.18 Å². The third kappa shape index (κ3) is 1.64. The number of hydrogen-bond donors (Lipinski definition) is 1. The van der Waals surface area contributed by atoms with Crippen molar-refractivity contribution in [2.24, 2.45) is 0 Å². The molecule has 0 heterocycles. The van der Waals surface area contributed by atoms with Crippen LogP contribution in [0.1, 0.15) is 15.9 Å². The number of nitrogens with zero attached hydrogens (tertiary/aromatic N) is 1. The molecule has 0 amide bonds. The Labute approximate surface area is 79.2 Å².